The van der Waals surface area contributed by atoms with Crippen LogP contribution in [-0.2, 0) is 0 Å². The quantitative estimate of drug-likeness (QED) is 0.257. The molecule has 0 bridgehead atoms. The predicted octanol–water partition coefficient (Wildman–Crippen LogP) is 1.99. The third kappa shape index (κ3) is 9.84. The molecule has 0 saturated carbocycles. The second kappa shape index (κ2) is 14.5. The molecule has 0 aromatic carbocycles. The zero-order chi connectivity index (χ0) is 15.3. The molecule has 0 atom stereocenters. The zero-order valence-electron chi connectivity index (χ0n) is 14.7. The number of rotatable bonds is 9. The average Bonchev–Trinajstić information content (AvgIpc) is 2.52. The van der Waals surface area contributed by atoms with Crippen LogP contribution in [0.1, 0.15) is 40.0 Å². The summed E-state index contributed by atoms with van der Waals surface area (Å²) in [6.45, 7) is 16.5. The Morgan fingerprint density at radius 1 is 0.955 bits per heavy atom. The van der Waals surface area contributed by atoms with E-state index in [0.717, 1.165) is 32.1 Å². The van der Waals surface area contributed by atoms with E-state index in [4.69, 9.17) is 0 Å². The topological polar surface area (TPSA) is 42.9 Å². The van der Waals surface area contributed by atoms with Crippen molar-refractivity contribution in [3.8, 4) is 0 Å². The van der Waals surface area contributed by atoms with Crippen molar-refractivity contribution in [1.82, 2.24) is 20.4 Å². The van der Waals surface area contributed by atoms with Gasteiger partial charge in [0.2, 0.25) is 0 Å². The van der Waals surface area contributed by atoms with E-state index in [1.54, 1.807) is 0 Å². The van der Waals surface area contributed by atoms with Gasteiger partial charge in [0.25, 0.3) is 0 Å². The van der Waals surface area contributed by atoms with Crippen molar-refractivity contribution < 1.29 is 0 Å². The summed E-state index contributed by atoms with van der Waals surface area (Å²) in [6.07, 6.45) is 3.71. The summed E-state index contributed by atoms with van der Waals surface area (Å²) in [4.78, 5) is 9.69. The number of aliphatic imine (C=N–C) groups is 1. The Bertz CT molecular complexity index is 278. The van der Waals surface area contributed by atoms with Crippen LogP contribution in [0.15, 0.2) is 4.99 Å². The van der Waals surface area contributed by atoms with E-state index < -0.39 is 0 Å². The van der Waals surface area contributed by atoms with Gasteiger partial charge >= 0.3 is 0 Å². The maximum absolute atomic E-state index is 4.63. The highest BCUT2D eigenvalue weighted by Crippen LogP contribution is 1.99. The Hall–Kier alpha value is -0.0800. The number of unbranched alkanes of at least 4 members (excludes halogenated alkanes) is 2. The SMILES string of the molecule is CCCCCN=C(NCC)NCCN1CCN(CC)CC1.I. The predicted molar refractivity (Wildman–Crippen MR) is 107 cm³/mol. The van der Waals surface area contributed by atoms with Gasteiger partial charge < -0.3 is 15.5 Å². The van der Waals surface area contributed by atoms with Crippen molar-refractivity contribution in [2.24, 2.45) is 4.99 Å². The van der Waals surface area contributed by atoms with Crippen molar-refractivity contribution in [2.45, 2.75) is 40.0 Å². The van der Waals surface area contributed by atoms with E-state index in [0.29, 0.717) is 0 Å². The fourth-order valence-corrected chi connectivity index (χ4v) is 2.56. The first-order chi connectivity index (χ1) is 10.3. The molecule has 0 aromatic rings. The molecule has 1 aliphatic heterocycles. The molecule has 0 radical (unpaired) electrons. The molecule has 0 aromatic heterocycles. The minimum atomic E-state index is 0. The average molecular weight is 425 g/mol. The largest absolute Gasteiger partial charge is 0.357 e. The van der Waals surface area contributed by atoms with Gasteiger partial charge in [-0.15, -0.1) is 24.0 Å². The highest BCUT2D eigenvalue weighted by atomic mass is 127. The number of piperazine rings is 1. The first-order valence-corrected chi connectivity index (χ1v) is 8.77. The van der Waals surface area contributed by atoms with E-state index in [1.165, 1.54) is 52.0 Å². The van der Waals surface area contributed by atoms with Gasteiger partial charge in [-0.3, -0.25) is 9.89 Å². The third-order valence-corrected chi connectivity index (χ3v) is 4.01. The second-order valence-electron chi connectivity index (χ2n) is 5.67. The number of halogens is 1. The molecule has 0 unspecified atom stereocenters. The molecule has 1 rings (SSSR count). The molecule has 0 spiro atoms. The molecular weight excluding hydrogens is 389 g/mol. The Balaban J connectivity index is 0.00000441. The summed E-state index contributed by atoms with van der Waals surface area (Å²) in [5, 5.41) is 6.78. The van der Waals surface area contributed by atoms with E-state index in [2.05, 4.69) is 46.2 Å². The van der Waals surface area contributed by atoms with Crippen LogP contribution < -0.4 is 10.6 Å². The summed E-state index contributed by atoms with van der Waals surface area (Å²) in [5.41, 5.74) is 0. The van der Waals surface area contributed by atoms with Gasteiger partial charge in [-0.25, -0.2) is 0 Å². The van der Waals surface area contributed by atoms with Crippen molar-refractivity contribution >= 4 is 29.9 Å². The second-order valence-corrected chi connectivity index (χ2v) is 5.67. The summed E-state index contributed by atoms with van der Waals surface area (Å²) >= 11 is 0. The Morgan fingerprint density at radius 3 is 2.23 bits per heavy atom. The zero-order valence-corrected chi connectivity index (χ0v) is 17.1. The highest BCUT2D eigenvalue weighted by molar-refractivity contribution is 14.0. The van der Waals surface area contributed by atoms with Gasteiger partial charge in [-0.2, -0.15) is 0 Å². The lowest BCUT2D eigenvalue weighted by atomic mass is 10.2. The molecule has 1 saturated heterocycles. The number of guanidine groups is 1. The fourth-order valence-electron chi connectivity index (χ4n) is 2.56. The van der Waals surface area contributed by atoms with Gasteiger partial charge in [-0.1, -0.05) is 26.7 Å². The Kier molecular flexibility index (Phi) is 14.5. The minimum absolute atomic E-state index is 0. The maximum Gasteiger partial charge on any atom is 0.191 e. The number of hydrogen-bond donors (Lipinski definition) is 2. The van der Waals surface area contributed by atoms with Gasteiger partial charge in [0.1, 0.15) is 0 Å². The molecule has 0 aliphatic carbocycles. The molecule has 22 heavy (non-hydrogen) atoms. The van der Waals surface area contributed by atoms with E-state index >= 15 is 0 Å². The van der Waals surface area contributed by atoms with Crippen LogP contribution in [0.3, 0.4) is 0 Å². The number of hydrogen-bond acceptors (Lipinski definition) is 3. The smallest absolute Gasteiger partial charge is 0.191 e. The summed E-state index contributed by atoms with van der Waals surface area (Å²) in [7, 11) is 0. The van der Waals surface area contributed by atoms with Crippen LogP contribution in [0, 0.1) is 0 Å². The summed E-state index contributed by atoms with van der Waals surface area (Å²) in [6, 6.07) is 0. The number of likely N-dealkylation sites (N-methyl/N-ethyl adjacent to an activating group) is 1. The number of nitrogens with one attached hydrogen (secondary N) is 2. The Morgan fingerprint density at radius 2 is 1.64 bits per heavy atom. The van der Waals surface area contributed by atoms with E-state index in [9.17, 15) is 0 Å². The van der Waals surface area contributed by atoms with Crippen LogP contribution in [0.25, 0.3) is 0 Å². The standard InChI is InChI=1S/C16H35N5.HI/c1-4-7-8-9-18-16(17-5-2)19-10-11-21-14-12-20(6-3)13-15-21;/h4-15H2,1-3H3,(H2,17,18,19);1H. The lowest BCUT2D eigenvalue weighted by Gasteiger charge is -2.34. The number of nitrogens with zero attached hydrogens (tertiary/aromatic N) is 3. The molecule has 0 amide bonds. The summed E-state index contributed by atoms with van der Waals surface area (Å²) < 4.78 is 0. The van der Waals surface area contributed by atoms with Crippen molar-refractivity contribution in [3.63, 3.8) is 0 Å². The van der Waals surface area contributed by atoms with Crippen LogP contribution in [-0.4, -0.2) is 74.7 Å². The monoisotopic (exact) mass is 425 g/mol. The lowest BCUT2D eigenvalue weighted by Crippen LogP contribution is -2.49. The molecule has 6 heteroatoms. The van der Waals surface area contributed by atoms with Crippen LogP contribution >= 0.6 is 24.0 Å². The summed E-state index contributed by atoms with van der Waals surface area (Å²) in [5.74, 6) is 0.973. The maximum atomic E-state index is 4.63. The third-order valence-electron chi connectivity index (χ3n) is 4.01. The molecule has 5 nitrogen and oxygen atoms in total. The molecule has 132 valence electrons. The van der Waals surface area contributed by atoms with Gasteiger partial charge in [0, 0.05) is 52.4 Å². The first-order valence-electron chi connectivity index (χ1n) is 8.77. The molecule has 1 heterocycles. The Labute approximate surface area is 154 Å². The van der Waals surface area contributed by atoms with Crippen molar-refractivity contribution in [3.05, 3.63) is 0 Å². The first kappa shape index (κ1) is 21.9. The van der Waals surface area contributed by atoms with Crippen molar-refractivity contribution in [2.75, 3.05) is 58.9 Å². The molecule has 2 N–H and O–H groups in total. The van der Waals surface area contributed by atoms with Crippen LogP contribution in [0.2, 0.25) is 0 Å². The van der Waals surface area contributed by atoms with E-state index in [1.807, 2.05) is 0 Å². The minimum Gasteiger partial charge on any atom is -0.357 e. The van der Waals surface area contributed by atoms with Gasteiger partial charge in [0.05, 0.1) is 0 Å². The van der Waals surface area contributed by atoms with Crippen LogP contribution in [0.5, 0.6) is 0 Å². The fraction of sp³-hybridized carbons (Fsp3) is 0.938. The molecular formula is C16H36IN5. The molecule has 1 aliphatic rings. The molecule has 1 fully saturated rings. The van der Waals surface area contributed by atoms with Gasteiger partial charge in [-0.05, 0) is 19.9 Å². The lowest BCUT2D eigenvalue weighted by molar-refractivity contribution is 0.139. The van der Waals surface area contributed by atoms with Crippen molar-refractivity contribution in [1.29, 1.82) is 0 Å². The van der Waals surface area contributed by atoms with Crippen LogP contribution in [0.4, 0.5) is 0 Å². The highest BCUT2D eigenvalue weighted by Gasteiger charge is 2.14. The van der Waals surface area contributed by atoms with Gasteiger partial charge in [0.15, 0.2) is 5.96 Å². The normalized spacial score (nSPS) is 17.1. The van der Waals surface area contributed by atoms with E-state index in [-0.39, 0.29) is 24.0 Å².